The summed E-state index contributed by atoms with van der Waals surface area (Å²) in [5, 5.41) is 3.50. The SMILES string of the molecule is CC(C)NC1COc2cccc(Br)c2C1. The molecule has 0 fully saturated rings. The molecule has 0 amide bonds. The van der Waals surface area contributed by atoms with E-state index in [9.17, 15) is 0 Å². The van der Waals surface area contributed by atoms with Crippen LogP contribution in [0.15, 0.2) is 22.7 Å². The molecule has 82 valence electrons. The van der Waals surface area contributed by atoms with E-state index in [0.29, 0.717) is 12.1 Å². The molecule has 0 bridgehead atoms. The van der Waals surface area contributed by atoms with Crippen molar-refractivity contribution < 1.29 is 4.74 Å². The van der Waals surface area contributed by atoms with E-state index in [0.717, 1.165) is 23.2 Å². The molecular weight excluding hydrogens is 254 g/mol. The molecule has 0 radical (unpaired) electrons. The Labute approximate surface area is 99.1 Å². The quantitative estimate of drug-likeness (QED) is 0.892. The summed E-state index contributed by atoms with van der Waals surface area (Å²) in [6, 6.07) is 7.05. The highest BCUT2D eigenvalue weighted by Crippen LogP contribution is 2.31. The van der Waals surface area contributed by atoms with Crippen LogP contribution in [-0.4, -0.2) is 18.7 Å². The molecule has 1 aliphatic heterocycles. The summed E-state index contributed by atoms with van der Waals surface area (Å²) in [7, 11) is 0. The first-order valence-electron chi connectivity index (χ1n) is 5.33. The fraction of sp³-hybridized carbons (Fsp3) is 0.500. The van der Waals surface area contributed by atoms with Gasteiger partial charge >= 0.3 is 0 Å². The van der Waals surface area contributed by atoms with Crippen molar-refractivity contribution in [1.29, 1.82) is 0 Å². The Morgan fingerprint density at radius 2 is 2.27 bits per heavy atom. The molecule has 1 unspecified atom stereocenters. The van der Waals surface area contributed by atoms with E-state index in [1.807, 2.05) is 12.1 Å². The molecule has 1 aromatic rings. The van der Waals surface area contributed by atoms with Gasteiger partial charge in [0.2, 0.25) is 0 Å². The molecule has 0 saturated carbocycles. The van der Waals surface area contributed by atoms with E-state index in [4.69, 9.17) is 4.74 Å². The number of fused-ring (bicyclic) bond motifs is 1. The van der Waals surface area contributed by atoms with Crippen molar-refractivity contribution in [2.75, 3.05) is 6.61 Å². The van der Waals surface area contributed by atoms with Gasteiger partial charge in [0, 0.05) is 22.1 Å². The average molecular weight is 270 g/mol. The molecule has 2 rings (SSSR count). The lowest BCUT2D eigenvalue weighted by molar-refractivity contribution is 0.231. The van der Waals surface area contributed by atoms with E-state index in [-0.39, 0.29) is 0 Å². The Hall–Kier alpha value is -0.540. The van der Waals surface area contributed by atoms with E-state index < -0.39 is 0 Å². The molecule has 0 spiro atoms. The number of ether oxygens (including phenoxy) is 1. The third-order valence-corrected chi connectivity index (χ3v) is 3.28. The van der Waals surface area contributed by atoms with Gasteiger partial charge in [0.05, 0.1) is 0 Å². The van der Waals surface area contributed by atoms with Crippen LogP contribution >= 0.6 is 15.9 Å². The number of nitrogens with one attached hydrogen (secondary N) is 1. The maximum absolute atomic E-state index is 5.73. The first kappa shape index (κ1) is 11.0. The molecule has 1 aromatic carbocycles. The molecule has 3 heteroatoms. The van der Waals surface area contributed by atoms with Gasteiger partial charge in [-0.25, -0.2) is 0 Å². The molecule has 1 aliphatic rings. The third-order valence-electron chi connectivity index (χ3n) is 2.54. The molecule has 0 saturated heterocycles. The summed E-state index contributed by atoms with van der Waals surface area (Å²) >= 11 is 3.57. The van der Waals surface area contributed by atoms with Crippen LogP contribution in [0.4, 0.5) is 0 Å². The monoisotopic (exact) mass is 269 g/mol. The normalized spacial score (nSPS) is 19.9. The molecule has 1 atom stereocenters. The third kappa shape index (κ3) is 2.52. The van der Waals surface area contributed by atoms with Crippen molar-refractivity contribution in [2.24, 2.45) is 0 Å². The van der Waals surface area contributed by atoms with Gasteiger partial charge in [-0.05, 0) is 18.6 Å². The van der Waals surface area contributed by atoms with Crippen molar-refractivity contribution >= 4 is 15.9 Å². The van der Waals surface area contributed by atoms with Crippen LogP contribution in [-0.2, 0) is 6.42 Å². The summed E-state index contributed by atoms with van der Waals surface area (Å²) < 4.78 is 6.87. The predicted octanol–water partition coefficient (Wildman–Crippen LogP) is 2.75. The first-order chi connectivity index (χ1) is 7.16. The van der Waals surface area contributed by atoms with Crippen LogP contribution in [0.5, 0.6) is 5.75 Å². The standard InChI is InChI=1S/C12H16BrNO/c1-8(2)14-9-6-10-11(13)4-3-5-12(10)15-7-9/h3-5,8-9,14H,6-7H2,1-2H3. The molecule has 1 N–H and O–H groups in total. The van der Waals surface area contributed by atoms with Crippen molar-refractivity contribution in [3.63, 3.8) is 0 Å². The van der Waals surface area contributed by atoms with Crippen LogP contribution < -0.4 is 10.1 Å². The van der Waals surface area contributed by atoms with Gasteiger partial charge in [0.25, 0.3) is 0 Å². The first-order valence-corrected chi connectivity index (χ1v) is 6.12. The lowest BCUT2D eigenvalue weighted by atomic mass is 10.0. The molecule has 1 heterocycles. The zero-order valence-corrected chi connectivity index (χ0v) is 10.7. The molecule has 15 heavy (non-hydrogen) atoms. The van der Waals surface area contributed by atoms with E-state index >= 15 is 0 Å². The maximum atomic E-state index is 5.73. The summed E-state index contributed by atoms with van der Waals surface area (Å²) in [6.07, 6.45) is 1.04. The highest BCUT2D eigenvalue weighted by Gasteiger charge is 2.21. The number of hydrogen-bond acceptors (Lipinski definition) is 2. The second-order valence-corrected chi connectivity index (χ2v) is 5.10. The van der Waals surface area contributed by atoms with Gasteiger partial charge in [-0.2, -0.15) is 0 Å². The van der Waals surface area contributed by atoms with Gasteiger partial charge in [-0.1, -0.05) is 35.8 Å². The zero-order valence-electron chi connectivity index (χ0n) is 9.09. The highest BCUT2D eigenvalue weighted by molar-refractivity contribution is 9.10. The predicted molar refractivity (Wildman–Crippen MR) is 65.4 cm³/mol. The maximum Gasteiger partial charge on any atom is 0.123 e. The summed E-state index contributed by atoms with van der Waals surface area (Å²) in [5.41, 5.74) is 1.28. The zero-order chi connectivity index (χ0) is 10.8. The minimum absolute atomic E-state index is 0.427. The lowest BCUT2D eigenvalue weighted by Gasteiger charge is -2.28. The van der Waals surface area contributed by atoms with Gasteiger partial charge < -0.3 is 10.1 Å². The van der Waals surface area contributed by atoms with Gasteiger partial charge in [-0.15, -0.1) is 0 Å². The Balaban J connectivity index is 2.15. The number of rotatable bonds is 2. The highest BCUT2D eigenvalue weighted by atomic mass is 79.9. The summed E-state index contributed by atoms with van der Waals surface area (Å²) in [6.45, 7) is 5.09. The molecule has 0 aliphatic carbocycles. The van der Waals surface area contributed by atoms with Gasteiger partial charge in [0.1, 0.15) is 12.4 Å². The van der Waals surface area contributed by atoms with Crippen molar-refractivity contribution in [1.82, 2.24) is 5.32 Å². The van der Waals surface area contributed by atoms with Crippen LogP contribution in [0.25, 0.3) is 0 Å². The van der Waals surface area contributed by atoms with E-state index in [2.05, 4.69) is 41.2 Å². The van der Waals surface area contributed by atoms with E-state index in [1.165, 1.54) is 5.56 Å². The summed E-state index contributed by atoms with van der Waals surface area (Å²) in [4.78, 5) is 0. The van der Waals surface area contributed by atoms with Crippen molar-refractivity contribution in [3.8, 4) is 5.75 Å². The Morgan fingerprint density at radius 1 is 1.47 bits per heavy atom. The number of halogens is 1. The lowest BCUT2D eigenvalue weighted by Crippen LogP contribution is -2.42. The molecule has 0 aromatic heterocycles. The van der Waals surface area contributed by atoms with Gasteiger partial charge in [0.15, 0.2) is 0 Å². The van der Waals surface area contributed by atoms with Crippen LogP contribution in [0.1, 0.15) is 19.4 Å². The second-order valence-electron chi connectivity index (χ2n) is 4.25. The van der Waals surface area contributed by atoms with Crippen LogP contribution in [0.2, 0.25) is 0 Å². The fourth-order valence-corrected chi connectivity index (χ4v) is 2.46. The smallest absolute Gasteiger partial charge is 0.123 e. The van der Waals surface area contributed by atoms with Crippen molar-refractivity contribution in [3.05, 3.63) is 28.2 Å². The Bertz CT molecular complexity index is 351. The number of benzene rings is 1. The molecular formula is C12H16BrNO. The van der Waals surface area contributed by atoms with Crippen molar-refractivity contribution in [2.45, 2.75) is 32.4 Å². The van der Waals surface area contributed by atoms with Crippen LogP contribution in [0.3, 0.4) is 0 Å². The second kappa shape index (κ2) is 4.54. The minimum atomic E-state index is 0.427. The Kier molecular flexibility index (Phi) is 3.32. The topological polar surface area (TPSA) is 21.3 Å². The van der Waals surface area contributed by atoms with Crippen LogP contribution in [0, 0.1) is 0 Å². The average Bonchev–Trinajstić information content (AvgIpc) is 2.18. The fourth-order valence-electron chi connectivity index (χ4n) is 1.95. The summed E-state index contributed by atoms with van der Waals surface area (Å²) in [5.74, 6) is 1.02. The Morgan fingerprint density at radius 3 is 3.00 bits per heavy atom. The number of hydrogen-bond donors (Lipinski definition) is 1. The van der Waals surface area contributed by atoms with Gasteiger partial charge in [-0.3, -0.25) is 0 Å². The largest absolute Gasteiger partial charge is 0.492 e. The minimum Gasteiger partial charge on any atom is -0.492 e. The van der Waals surface area contributed by atoms with E-state index in [1.54, 1.807) is 0 Å². The molecule has 2 nitrogen and oxygen atoms in total.